The molecule has 0 aromatic carbocycles. The van der Waals surface area contributed by atoms with Crippen LogP contribution in [0, 0.1) is 11.3 Å². The van der Waals surface area contributed by atoms with Gasteiger partial charge in [0.15, 0.2) is 0 Å². The molecule has 0 bridgehead atoms. The largest absolute Gasteiger partial charge is 0.381 e. The van der Waals surface area contributed by atoms with Crippen molar-refractivity contribution in [2.24, 2.45) is 17.1 Å². The van der Waals surface area contributed by atoms with Crippen LogP contribution >= 0.6 is 0 Å². The third kappa shape index (κ3) is 1.09. The molecule has 2 rings (SSSR count). The average Bonchev–Trinajstić information content (AvgIpc) is 2.55. The third-order valence-corrected chi connectivity index (χ3v) is 3.76. The minimum absolute atomic E-state index is 0.0907. The fourth-order valence-corrected chi connectivity index (χ4v) is 2.53. The highest BCUT2D eigenvalue weighted by Crippen LogP contribution is 2.59. The lowest BCUT2D eigenvalue weighted by Crippen LogP contribution is -2.41. The Balaban J connectivity index is 2.00. The van der Waals surface area contributed by atoms with Gasteiger partial charge in [-0.1, -0.05) is 13.8 Å². The summed E-state index contributed by atoms with van der Waals surface area (Å²) in [5.41, 5.74) is 6.77. The maximum Gasteiger partial charge on any atom is 0.0512 e. The Morgan fingerprint density at radius 2 is 2.08 bits per heavy atom. The molecule has 2 atom stereocenters. The van der Waals surface area contributed by atoms with E-state index in [1.54, 1.807) is 0 Å². The monoisotopic (exact) mass is 169 g/mol. The van der Waals surface area contributed by atoms with E-state index in [0.717, 1.165) is 13.2 Å². The quantitative estimate of drug-likeness (QED) is 0.646. The lowest BCUT2D eigenvalue weighted by Gasteiger charge is -2.30. The van der Waals surface area contributed by atoms with Gasteiger partial charge in [-0.05, 0) is 24.7 Å². The fraction of sp³-hybridized carbons (Fsp3) is 1.00. The Hall–Kier alpha value is -0.0800. The first kappa shape index (κ1) is 8.52. The van der Waals surface area contributed by atoms with Crippen LogP contribution in [0.3, 0.4) is 0 Å². The Morgan fingerprint density at radius 1 is 1.42 bits per heavy atom. The summed E-state index contributed by atoms with van der Waals surface area (Å²) in [6.07, 6.45) is 3.63. The molecule has 1 saturated heterocycles. The normalized spacial score (nSPS) is 45.8. The molecule has 2 fully saturated rings. The molecule has 2 N–H and O–H groups in total. The first-order valence-electron chi connectivity index (χ1n) is 4.93. The SMILES string of the molecule is CC1(C)CC1(N)C1CCCOC1. The fourth-order valence-electron chi connectivity index (χ4n) is 2.53. The van der Waals surface area contributed by atoms with Crippen LogP contribution in [-0.4, -0.2) is 18.8 Å². The summed E-state index contributed by atoms with van der Waals surface area (Å²) < 4.78 is 5.46. The van der Waals surface area contributed by atoms with Crippen LogP contribution in [0.1, 0.15) is 33.1 Å². The number of hydrogen-bond donors (Lipinski definition) is 1. The van der Waals surface area contributed by atoms with Crippen molar-refractivity contribution in [1.29, 1.82) is 0 Å². The van der Waals surface area contributed by atoms with Crippen LogP contribution in [0.5, 0.6) is 0 Å². The van der Waals surface area contributed by atoms with Crippen LogP contribution in [0.4, 0.5) is 0 Å². The van der Waals surface area contributed by atoms with E-state index >= 15 is 0 Å². The van der Waals surface area contributed by atoms with Crippen molar-refractivity contribution in [2.45, 2.75) is 38.6 Å². The van der Waals surface area contributed by atoms with E-state index in [4.69, 9.17) is 10.5 Å². The van der Waals surface area contributed by atoms with Crippen molar-refractivity contribution in [3.05, 3.63) is 0 Å². The maximum atomic E-state index is 6.32. The van der Waals surface area contributed by atoms with Crippen molar-refractivity contribution in [1.82, 2.24) is 0 Å². The van der Waals surface area contributed by atoms with Crippen LogP contribution in [0.2, 0.25) is 0 Å². The maximum absolute atomic E-state index is 6.32. The lowest BCUT2D eigenvalue weighted by atomic mass is 9.87. The Morgan fingerprint density at radius 3 is 2.50 bits per heavy atom. The van der Waals surface area contributed by atoms with E-state index in [9.17, 15) is 0 Å². The van der Waals surface area contributed by atoms with Crippen LogP contribution in [0.15, 0.2) is 0 Å². The first-order valence-corrected chi connectivity index (χ1v) is 4.93. The summed E-state index contributed by atoms with van der Waals surface area (Å²) in [4.78, 5) is 0. The van der Waals surface area contributed by atoms with Gasteiger partial charge in [-0.15, -0.1) is 0 Å². The standard InChI is InChI=1S/C10H19NO/c1-9(2)7-10(9,11)8-4-3-5-12-6-8/h8H,3-7,11H2,1-2H3. The molecule has 2 nitrogen and oxygen atoms in total. The summed E-state index contributed by atoms with van der Waals surface area (Å²) in [5.74, 6) is 0.612. The first-order chi connectivity index (χ1) is 5.56. The van der Waals surface area contributed by atoms with Crippen molar-refractivity contribution < 1.29 is 4.74 Å². The van der Waals surface area contributed by atoms with Gasteiger partial charge in [0.1, 0.15) is 0 Å². The molecular weight excluding hydrogens is 150 g/mol. The van der Waals surface area contributed by atoms with Crippen molar-refractivity contribution in [3.8, 4) is 0 Å². The second kappa shape index (κ2) is 2.46. The number of ether oxygens (including phenoxy) is 1. The molecule has 1 saturated carbocycles. The van der Waals surface area contributed by atoms with Gasteiger partial charge < -0.3 is 10.5 Å². The van der Waals surface area contributed by atoms with E-state index in [0.29, 0.717) is 11.3 Å². The summed E-state index contributed by atoms with van der Waals surface area (Å²) in [6, 6.07) is 0. The average molecular weight is 169 g/mol. The van der Waals surface area contributed by atoms with E-state index in [1.807, 2.05) is 0 Å². The number of rotatable bonds is 1. The van der Waals surface area contributed by atoms with Crippen molar-refractivity contribution in [2.75, 3.05) is 13.2 Å². The third-order valence-electron chi connectivity index (χ3n) is 3.76. The van der Waals surface area contributed by atoms with Gasteiger partial charge in [-0.3, -0.25) is 0 Å². The number of hydrogen-bond acceptors (Lipinski definition) is 2. The lowest BCUT2D eigenvalue weighted by molar-refractivity contribution is 0.0351. The van der Waals surface area contributed by atoms with Crippen molar-refractivity contribution >= 4 is 0 Å². The van der Waals surface area contributed by atoms with Crippen molar-refractivity contribution in [3.63, 3.8) is 0 Å². The van der Waals surface area contributed by atoms with E-state index in [2.05, 4.69) is 13.8 Å². The molecule has 0 radical (unpaired) electrons. The molecule has 2 unspecified atom stereocenters. The summed E-state index contributed by atoms with van der Waals surface area (Å²) in [5, 5.41) is 0. The topological polar surface area (TPSA) is 35.2 Å². The van der Waals surface area contributed by atoms with E-state index in [1.165, 1.54) is 19.3 Å². The van der Waals surface area contributed by atoms with Gasteiger partial charge in [0.2, 0.25) is 0 Å². The van der Waals surface area contributed by atoms with Crippen LogP contribution in [-0.2, 0) is 4.74 Å². The van der Waals surface area contributed by atoms with Gasteiger partial charge in [0.25, 0.3) is 0 Å². The molecule has 0 aromatic rings. The van der Waals surface area contributed by atoms with Gasteiger partial charge in [0, 0.05) is 18.1 Å². The molecule has 1 aliphatic heterocycles. The highest BCUT2D eigenvalue weighted by molar-refractivity contribution is 5.18. The van der Waals surface area contributed by atoms with E-state index < -0.39 is 0 Å². The minimum Gasteiger partial charge on any atom is -0.381 e. The zero-order valence-electron chi connectivity index (χ0n) is 8.10. The zero-order chi connectivity index (χ0) is 8.82. The summed E-state index contributed by atoms with van der Waals surface area (Å²) in [7, 11) is 0. The Kier molecular flexibility index (Phi) is 1.74. The molecule has 70 valence electrons. The van der Waals surface area contributed by atoms with Gasteiger partial charge >= 0.3 is 0 Å². The Bertz CT molecular complexity index is 184. The highest BCUT2D eigenvalue weighted by atomic mass is 16.5. The second-order valence-corrected chi connectivity index (χ2v) is 5.02. The van der Waals surface area contributed by atoms with Gasteiger partial charge in [0.05, 0.1) is 6.61 Å². The molecule has 0 aromatic heterocycles. The molecule has 2 aliphatic rings. The second-order valence-electron chi connectivity index (χ2n) is 5.02. The van der Waals surface area contributed by atoms with Gasteiger partial charge in [-0.2, -0.15) is 0 Å². The van der Waals surface area contributed by atoms with Gasteiger partial charge in [-0.25, -0.2) is 0 Å². The molecule has 0 amide bonds. The summed E-state index contributed by atoms with van der Waals surface area (Å²) in [6.45, 7) is 6.36. The minimum atomic E-state index is 0.0907. The smallest absolute Gasteiger partial charge is 0.0512 e. The predicted octanol–water partition coefficient (Wildman–Crippen LogP) is 1.54. The molecule has 12 heavy (non-hydrogen) atoms. The zero-order valence-corrected chi connectivity index (χ0v) is 8.10. The van der Waals surface area contributed by atoms with Crippen LogP contribution in [0.25, 0.3) is 0 Å². The Labute approximate surface area is 74.5 Å². The van der Waals surface area contributed by atoms with E-state index in [-0.39, 0.29) is 5.54 Å². The van der Waals surface area contributed by atoms with Crippen LogP contribution < -0.4 is 5.73 Å². The number of nitrogens with two attached hydrogens (primary N) is 1. The molecule has 0 spiro atoms. The molecule has 1 aliphatic carbocycles. The predicted molar refractivity (Wildman–Crippen MR) is 48.9 cm³/mol. The molecule has 1 heterocycles. The summed E-state index contributed by atoms with van der Waals surface area (Å²) >= 11 is 0. The molecular formula is C10H19NO. The molecule has 2 heteroatoms. The highest BCUT2D eigenvalue weighted by Gasteiger charge is 2.62.